The number of rotatable bonds is 4. The van der Waals surface area contributed by atoms with Gasteiger partial charge in [0.05, 0.1) is 11.5 Å². The van der Waals surface area contributed by atoms with Crippen molar-refractivity contribution in [3.8, 4) is 10.4 Å². The van der Waals surface area contributed by atoms with Crippen molar-refractivity contribution < 1.29 is 4.74 Å². The van der Waals surface area contributed by atoms with Crippen LogP contribution in [-0.2, 0) is 4.74 Å². The van der Waals surface area contributed by atoms with Gasteiger partial charge < -0.3 is 10.1 Å². The smallest absolute Gasteiger partial charge is 0.225 e. The molecule has 0 amide bonds. The number of benzene rings is 1. The first-order valence-corrected chi connectivity index (χ1v) is 8.87. The molecule has 4 nitrogen and oxygen atoms in total. The molecule has 0 spiro atoms. The van der Waals surface area contributed by atoms with Crippen LogP contribution in [0.15, 0.2) is 36.4 Å². The summed E-state index contributed by atoms with van der Waals surface area (Å²) in [6, 6.07) is 12.4. The monoisotopic (exact) mass is 345 g/mol. The average molecular weight is 346 g/mol. The molecule has 1 saturated heterocycles. The first-order valence-electron chi connectivity index (χ1n) is 7.67. The van der Waals surface area contributed by atoms with Gasteiger partial charge in [0.15, 0.2) is 0 Å². The van der Waals surface area contributed by atoms with Crippen LogP contribution in [0.4, 0.5) is 5.82 Å². The van der Waals surface area contributed by atoms with Crippen molar-refractivity contribution in [2.75, 3.05) is 18.5 Å². The molecule has 118 valence electrons. The zero-order chi connectivity index (χ0) is 15.6. The van der Waals surface area contributed by atoms with Gasteiger partial charge in [-0.15, -0.1) is 11.3 Å². The number of ether oxygens (including phenoxy) is 1. The van der Waals surface area contributed by atoms with E-state index in [2.05, 4.69) is 33.5 Å². The van der Waals surface area contributed by atoms with Crippen LogP contribution in [0.5, 0.6) is 0 Å². The van der Waals surface area contributed by atoms with Gasteiger partial charge in [-0.05, 0) is 36.1 Å². The Morgan fingerprint density at radius 3 is 2.91 bits per heavy atom. The Morgan fingerprint density at radius 1 is 1.26 bits per heavy atom. The molecule has 1 unspecified atom stereocenters. The van der Waals surface area contributed by atoms with Crippen molar-refractivity contribution in [3.63, 3.8) is 0 Å². The van der Waals surface area contributed by atoms with E-state index in [1.54, 1.807) is 11.3 Å². The molecule has 1 aromatic carbocycles. The lowest BCUT2D eigenvalue weighted by Crippen LogP contribution is -2.19. The molecule has 2 aromatic heterocycles. The van der Waals surface area contributed by atoms with Gasteiger partial charge in [-0.2, -0.15) is 0 Å². The molecule has 23 heavy (non-hydrogen) atoms. The van der Waals surface area contributed by atoms with E-state index < -0.39 is 0 Å². The van der Waals surface area contributed by atoms with E-state index in [-0.39, 0.29) is 11.4 Å². The third-order valence-corrected chi connectivity index (χ3v) is 5.19. The zero-order valence-corrected chi connectivity index (χ0v) is 14.0. The summed E-state index contributed by atoms with van der Waals surface area (Å²) in [6.07, 6.45) is 2.47. The molecule has 0 bridgehead atoms. The van der Waals surface area contributed by atoms with E-state index in [0.717, 1.165) is 46.9 Å². The second-order valence-electron chi connectivity index (χ2n) is 5.55. The molecule has 1 N–H and O–H groups in total. The predicted octanol–water partition coefficient (Wildman–Crippen LogP) is 4.60. The number of anilines is 1. The summed E-state index contributed by atoms with van der Waals surface area (Å²) < 4.78 is 5.66. The highest BCUT2D eigenvalue weighted by atomic mass is 35.5. The summed E-state index contributed by atoms with van der Waals surface area (Å²) in [6.45, 7) is 1.60. The van der Waals surface area contributed by atoms with Gasteiger partial charge >= 0.3 is 0 Å². The molecule has 0 aliphatic carbocycles. The van der Waals surface area contributed by atoms with E-state index in [1.165, 1.54) is 5.56 Å². The lowest BCUT2D eigenvalue weighted by atomic mass is 10.2. The van der Waals surface area contributed by atoms with Crippen LogP contribution in [0.1, 0.15) is 12.8 Å². The summed E-state index contributed by atoms with van der Waals surface area (Å²) >= 11 is 7.72. The summed E-state index contributed by atoms with van der Waals surface area (Å²) in [5, 5.41) is 4.66. The van der Waals surface area contributed by atoms with E-state index in [1.807, 2.05) is 18.2 Å². The van der Waals surface area contributed by atoms with E-state index in [9.17, 15) is 0 Å². The molecular formula is C17H16ClN3OS. The van der Waals surface area contributed by atoms with Gasteiger partial charge in [-0.1, -0.05) is 30.3 Å². The van der Waals surface area contributed by atoms with Gasteiger partial charge in [0.1, 0.15) is 10.6 Å². The second-order valence-corrected chi connectivity index (χ2v) is 6.92. The highest BCUT2D eigenvalue weighted by Crippen LogP contribution is 2.36. The molecule has 3 heterocycles. The Bertz CT molecular complexity index is 815. The largest absolute Gasteiger partial charge is 0.376 e. The van der Waals surface area contributed by atoms with Crippen LogP contribution in [0.3, 0.4) is 0 Å². The molecule has 3 aromatic rings. The number of thiophene rings is 1. The van der Waals surface area contributed by atoms with Crippen LogP contribution in [0.25, 0.3) is 20.7 Å². The minimum absolute atomic E-state index is 0.256. The number of nitrogens with zero attached hydrogens (tertiary/aromatic N) is 2. The summed E-state index contributed by atoms with van der Waals surface area (Å²) in [7, 11) is 0. The van der Waals surface area contributed by atoms with Crippen LogP contribution in [0.2, 0.25) is 5.28 Å². The minimum Gasteiger partial charge on any atom is -0.376 e. The molecular weight excluding hydrogens is 330 g/mol. The van der Waals surface area contributed by atoms with Crippen LogP contribution < -0.4 is 5.32 Å². The first-order chi connectivity index (χ1) is 11.3. The fourth-order valence-electron chi connectivity index (χ4n) is 2.79. The Morgan fingerprint density at radius 2 is 2.13 bits per heavy atom. The Hall–Kier alpha value is -1.69. The number of aromatic nitrogens is 2. The number of hydrogen-bond donors (Lipinski definition) is 1. The van der Waals surface area contributed by atoms with Crippen LogP contribution >= 0.6 is 22.9 Å². The molecule has 0 radical (unpaired) electrons. The predicted molar refractivity (Wildman–Crippen MR) is 95.3 cm³/mol. The SMILES string of the molecule is Clc1nc(NCC2CCCO2)c2cc(-c3ccccc3)sc2n1. The summed E-state index contributed by atoms with van der Waals surface area (Å²) in [5.41, 5.74) is 1.18. The Balaban J connectivity index is 1.67. The molecule has 1 aliphatic heterocycles. The molecule has 6 heteroatoms. The number of nitrogens with one attached hydrogen (secondary N) is 1. The maximum Gasteiger partial charge on any atom is 0.225 e. The van der Waals surface area contributed by atoms with Crippen molar-refractivity contribution in [1.82, 2.24) is 9.97 Å². The molecule has 1 fully saturated rings. The van der Waals surface area contributed by atoms with Crippen molar-refractivity contribution in [3.05, 3.63) is 41.7 Å². The van der Waals surface area contributed by atoms with E-state index in [4.69, 9.17) is 16.3 Å². The van der Waals surface area contributed by atoms with Crippen LogP contribution in [-0.4, -0.2) is 29.2 Å². The van der Waals surface area contributed by atoms with Crippen LogP contribution in [0, 0.1) is 0 Å². The quantitative estimate of drug-likeness (QED) is 0.702. The van der Waals surface area contributed by atoms with Gasteiger partial charge in [0, 0.05) is 18.0 Å². The van der Waals surface area contributed by atoms with Crippen molar-refractivity contribution in [1.29, 1.82) is 0 Å². The standard InChI is InChI=1S/C17H16ClN3OS/c18-17-20-15(19-10-12-7-4-8-22-12)13-9-14(23-16(13)21-17)11-5-2-1-3-6-11/h1-3,5-6,9,12H,4,7-8,10H2,(H,19,20,21). The third kappa shape index (κ3) is 3.17. The van der Waals surface area contributed by atoms with E-state index >= 15 is 0 Å². The lowest BCUT2D eigenvalue weighted by molar-refractivity contribution is 0.120. The maximum atomic E-state index is 6.09. The molecule has 1 atom stereocenters. The van der Waals surface area contributed by atoms with Gasteiger partial charge in [0.2, 0.25) is 5.28 Å². The second kappa shape index (κ2) is 6.43. The van der Waals surface area contributed by atoms with Gasteiger partial charge in [-0.25, -0.2) is 9.97 Å². The van der Waals surface area contributed by atoms with Gasteiger partial charge in [0.25, 0.3) is 0 Å². The van der Waals surface area contributed by atoms with Gasteiger partial charge in [-0.3, -0.25) is 0 Å². The third-order valence-electron chi connectivity index (χ3n) is 3.94. The van der Waals surface area contributed by atoms with Crippen molar-refractivity contribution >= 4 is 39.0 Å². The topological polar surface area (TPSA) is 47.0 Å². The van der Waals surface area contributed by atoms with E-state index in [0.29, 0.717) is 0 Å². The zero-order valence-electron chi connectivity index (χ0n) is 12.5. The molecule has 0 saturated carbocycles. The Kier molecular flexibility index (Phi) is 4.16. The number of fused-ring (bicyclic) bond motifs is 1. The normalized spacial score (nSPS) is 17.7. The lowest BCUT2D eigenvalue weighted by Gasteiger charge is -2.11. The highest BCUT2D eigenvalue weighted by Gasteiger charge is 2.17. The highest BCUT2D eigenvalue weighted by molar-refractivity contribution is 7.22. The number of hydrogen-bond acceptors (Lipinski definition) is 5. The first kappa shape index (κ1) is 14.9. The molecule has 4 rings (SSSR count). The fourth-order valence-corrected chi connectivity index (χ4v) is 4.05. The summed E-state index contributed by atoms with van der Waals surface area (Å²) in [4.78, 5) is 10.8. The maximum absolute atomic E-state index is 6.09. The Labute approximate surface area is 143 Å². The fraction of sp³-hybridized carbons (Fsp3) is 0.294. The number of halogens is 1. The molecule has 1 aliphatic rings. The van der Waals surface area contributed by atoms with Crippen molar-refractivity contribution in [2.45, 2.75) is 18.9 Å². The average Bonchev–Trinajstić information content (AvgIpc) is 3.22. The summed E-state index contributed by atoms with van der Waals surface area (Å²) in [5.74, 6) is 0.786. The van der Waals surface area contributed by atoms with Crippen molar-refractivity contribution in [2.24, 2.45) is 0 Å². The minimum atomic E-state index is 0.256.